The van der Waals surface area contributed by atoms with E-state index in [9.17, 15) is 4.79 Å². The Balaban J connectivity index is 1.59. The third kappa shape index (κ3) is 6.68. The summed E-state index contributed by atoms with van der Waals surface area (Å²) in [5, 5.41) is 7.66. The predicted octanol–water partition coefficient (Wildman–Crippen LogP) is 5.43. The first kappa shape index (κ1) is 22.0. The van der Waals surface area contributed by atoms with Gasteiger partial charge in [0.05, 0.1) is 12.2 Å². The van der Waals surface area contributed by atoms with Crippen LogP contribution < -0.4 is 10.6 Å². The van der Waals surface area contributed by atoms with Crippen molar-refractivity contribution in [3.63, 3.8) is 0 Å². The second kappa shape index (κ2) is 11.5. The topological polar surface area (TPSA) is 50.4 Å². The van der Waals surface area contributed by atoms with E-state index in [2.05, 4.69) is 47.0 Å². The van der Waals surface area contributed by atoms with Gasteiger partial charge in [-0.15, -0.1) is 11.3 Å². The lowest BCUT2D eigenvalue weighted by molar-refractivity contribution is 0.0528. The van der Waals surface area contributed by atoms with Gasteiger partial charge >= 0.3 is 5.97 Å². The summed E-state index contributed by atoms with van der Waals surface area (Å²) in [5.41, 5.74) is 3.04. The molecular formula is C24H26N2O2S2. The Bertz CT molecular complexity index is 956. The maximum Gasteiger partial charge on any atom is 0.341 e. The fraction of sp³-hybridized carbons (Fsp3) is 0.250. The van der Waals surface area contributed by atoms with Crippen LogP contribution in [0, 0.1) is 0 Å². The molecular weight excluding hydrogens is 412 g/mol. The van der Waals surface area contributed by atoms with Crippen molar-refractivity contribution in [3.05, 3.63) is 88.3 Å². The fourth-order valence-corrected chi connectivity index (χ4v) is 4.42. The Morgan fingerprint density at radius 2 is 1.70 bits per heavy atom. The number of rotatable bonds is 9. The van der Waals surface area contributed by atoms with Crippen molar-refractivity contribution < 1.29 is 9.53 Å². The van der Waals surface area contributed by atoms with Crippen LogP contribution in [0.5, 0.6) is 0 Å². The monoisotopic (exact) mass is 438 g/mol. The Hall–Kier alpha value is -2.70. The number of esters is 1. The van der Waals surface area contributed by atoms with E-state index >= 15 is 0 Å². The molecule has 1 aromatic heterocycles. The van der Waals surface area contributed by atoms with Gasteiger partial charge in [0, 0.05) is 17.8 Å². The Kier molecular flexibility index (Phi) is 8.41. The number of thiocarbonyl (C=S) groups is 1. The van der Waals surface area contributed by atoms with Gasteiger partial charge in [0.15, 0.2) is 5.11 Å². The maximum absolute atomic E-state index is 12.4. The van der Waals surface area contributed by atoms with Gasteiger partial charge in [0.1, 0.15) is 5.00 Å². The van der Waals surface area contributed by atoms with E-state index < -0.39 is 0 Å². The van der Waals surface area contributed by atoms with Gasteiger partial charge in [-0.05, 0) is 49.2 Å². The van der Waals surface area contributed by atoms with Crippen molar-refractivity contribution in [1.82, 2.24) is 5.32 Å². The minimum absolute atomic E-state index is 0.331. The van der Waals surface area contributed by atoms with E-state index in [0.29, 0.717) is 17.3 Å². The van der Waals surface area contributed by atoms with Gasteiger partial charge in [-0.2, -0.15) is 0 Å². The van der Waals surface area contributed by atoms with Crippen molar-refractivity contribution in [2.75, 3.05) is 18.5 Å². The standard InChI is InChI=1S/C24H26N2O2S2/c1-2-28-23(27)21-17-20(16-19-12-7-4-8-13-19)30-22(21)26-24(29)25-15-9-14-18-10-5-3-6-11-18/h3-8,10-13,17H,2,9,14-16H2,1H3,(H2,25,26,29). The second-order valence-electron chi connectivity index (χ2n) is 6.81. The van der Waals surface area contributed by atoms with Gasteiger partial charge in [0.25, 0.3) is 0 Å². The highest BCUT2D eigenvalue weighted by atomic mass is 32.1. The van der Waals surface area contributed by atoms with Crippen molar-refractivity contribution >= 4 is 39.6 Å². The third-order valence-corrected chi connectivity index (χ3v) is 5.79. The van der Waals surface area contributed by atoms with Crippen molar-refractivity contribution in [2.24, 2.45) is 0 Å². The summed E-state index contributed by atoms with van der Waals surface area (Å²) in [6.07, 6.45) is 2.72. The molecule has 0 aliphatic rings. The average molecular weight is 439 g/mol. The normalized spacial score (nSPS) is 10.4. The number of thiophene rings is 1. The second-order valence-corrected chi connectivity index (χ2v) is 8.35. The first-order valence-electron chi connectivity index (χ1n) is 10.1. The number of hydrogen-bond acceptors (Lipinski definition) is 4. The molecule has 6 heteroatoms. The van der Waals surface area contributed by atoms with E-state index in [0.717, 1.165) is 35.7 Å². The number of aryl methyl sites for hydroxylation is 1. The average Bonchev–Trinajstić information content (AvgIpc) is 3.15. The lowest BCUT2D eigenvalue weighted by atomic mass is 10.1. The molecule has 1 heterocycles. The minimum Gasteiger partial charge on any atom is -0.462 e. The number of anilines is 1. The van der Waals surface area contributed by atoms with Crippen LogP contribution in [-0.4, -0.2) is 24.2 Å². The molecule has 0 saturated carbocycles. The van der Waals surface area contributed by atoms with Crippen molar-refractivity contribution in [2.45, 2.75) is 26.2 Å². The van der Waals surface area contributed by atoms with Crippen LogP contribution in [0.2, 0.25) is 0 Å². The van der Waals surface area contributed by atoms with Gasteiger partial charge in [-0.25, -0.2) is 4.79 Å². The van der Waals surface area contributed by atoms with E-state index in [-0.39, 0.29) is 5.97 Å². The summed E-state index contributed by atoms with van der Waals surface area (Å²) < 4.78 is 5.23. The van der Waals surface area contributed by atoms with E-state index in [4.69, 9.17) is 17.0 Å². The SMILES string of the molecule is CCOC(=O)c1cc(Cc2ccccc2)sc1NC(=S)NCCCc1ccccc1. The van der Waals surface area contributed by atoms with Crippen molar-refractivity contribution in [1.29, 1.82) is 0 Å². The predicted molar refractivity (Wildman–Crippen MR) is 129 cm³/mol. The Morgan fingerprint density at radius 1 is 1.03 bits per heavy atom. The Morgan fingerprint density at radius 3 is 2.37 bits per heavy atom. The number of carbonyl (C=O) groups is 1. The lowest BCUT2D eigenvalue weighted by Gasteiger charge is -2.10. The summed E-state index contributed by atoms with van der Waals surface area (Å²) in [7, 11) is 0. The zero-order valence-corrected chi connectivity index (χ0v) is 18.7. The summed E-state index contributed by atoms with van der Waals surface area (Å²) in [6, 6.07) is 22.5. The number of nitrogens with one attached hydrogen (secondary N) is 2. The van der Waals surface area contributed by atoms with Gasteiger partial charge in [-0.3, -0.25) is 0 Å². The number of benzene rings is 2. The van der Waals surface area contributed by atoms with Gasteiger partial charge < -0.3 is 15.4 Å². The fourth-order valence-electron chi connectivity index (χ4n) is 3.07. The molecule has 2 aromatic carbocycles. The zero-order chi connectivity index (χ0) is 21.2. The number of hydrogen-bond donors (Lipinski definition) is 2. The van der Waals surface area contributed by atoms with E-state index in [1.54, 1.807) is 6.92 Å². The van der Waals surface area contributed by atoms with Crippen molar-refractivity contribution in [3.8, 4) is 0 Å². The van der Waals surface area contributed by atoms with Crippen LogP contribution in [-0.2, 0) is 17.6 Å². The largest absolute Gasteiger partial charge is 0.462 e. The van der Waals surface area contributed by atoms with Crippen LogP contribution in [0.25, 0.3) is 0 Å². The number of carbonyl (C=O) groups excluding carboxylic acids is 1. The number of ether oxygens (including phenoxy) is 1. The lowest BCUT2D eigenvalue weighted by Crippen LogP contribution is -2.29. The molecule has 0 fully saturated rings. The quantitative estimate of drug-likeness (QED) is 0.265. The first-order valence-corrected chi connectivity index (χ1v) is 11.3. The molecule has 0 aliphatic heterocycles. The summed E-state index contributed by atoms with van der Waals surface area (Å²) >= 11 is 6.98. The van der Waals surface area contributed by atoms with Crippen LogP contribution in [0.1, 0.15) is 39.7 Å². The molecule has 0 unspecified atom stereocenters. The van der Waals surface area contributed by atoms with E-state index in [1.165, 1.54) is 22.5 Å². The van der Waals surface area contributed by atoms with Crippen LogP contribution in [0.15, 0.2) is 66.7 Å². The molecule has 0 radical (unpaired) electrons. The molecule has 0 bridgehead atoms. The molecule has 30 heavy (non-hydrogen) atoms. The molecule has 4 nitrogen and oxygen atoms in total. The van der Waals surface area contributed by atoms with Crippen LogP contribution >= 0.6 is 23.6 Å². The molecule has 3 aromatic rings. The highest BCUT2D eigenvalue weighted by Crippen LogP contribution is 2.30. The molecule has 3 rings (SSSR count). The van der Waals surface area contributed by atoms with Gasteiger partial charge in [-0.1, -0.05) is 60.7 Å². The van der Waals surface area contributed by atoms with E-state index in [1.807, 2.05) is 30.3 Å². The zero-order valence-electron chi connectivity index (χ0n) is 17.0. The molecule has 0 amide bonds. The third-order valence-electron chi connectivity index (χ3n) is 4.50. The minimum atomic E-state index is -0.331. The molecule has 156 valence electrons. The highest BCUT2D eigenvalue weighted by Gasteiger charge is 2.18. The molecule has 0 atom stereocenters. The summed E-state index contributed by atoms with van der Waals surface area (Å²) in [6.45, 7) is 2.91. The highest BCUT2D eigenvalue weighted by molar-refractivity contribution is 7.80. The molecule has 2 N–H and O–H groups in total. The van der Waals surface area contributed by atoms with Crippen LogP contribution in [0.3, 0.4) is 0 Å². The smallest absolute Gasteiger partial charge is 0.341 e. The molecule has 0 aliphatic carbocycles. The first-order chi connectivity index (χ1) is 14.7. The van der Waals surface area contributed by atoms with Crippen LogP contribution in [0.4, 0.5) is 5.00 Å². The maximum atomic E-state index is 12.4. The molecule has 0 spiro atoms. The summed E-state index contributed by atoms with van der Waals surface area (Å²) in [5.74, 6) is -0.331. The Labute approximate surface area is 187 Å². The summed E-state index contributed by atoms with van der Waals surface area (Å²) in [4.78, 5) is 13.5. The molecule has 0 saturated heterocycles. The van der Waals surface area contributed by atoms with Gasteiger partial charge in [0.2, 0.25) is 0 Å².